The van der Waals surface area contributed by atoms with Crippen molar-refractivity contribution in [2.24, 2.45) is 5.92 Å². The van der Waals surface area contributed by atoms with Gasteiger partial charge in [-0.2, -0.15) is 5.26 Å². The highest BCUT2D eigenvalue weighted by Gasteiger charge is 2.23. The summed E-state index contributed by atoms with van der Waals surface area (Å²) in [4.78, 5) is 2.22. The van der Waals surface area contributed by atoms with Crippen molar-refractivity contribution < 1.29 is 10.2 Å². The Morgan fingerprint density at radius 2 is 1.71 bits per heavy atom. The largest absolute Gasteiger partial charge is 0.395 e. The average Bonchev–Trinajstić information content (AvgIpc) is 2.59. The maximum atomic E-state index is 9.39. The van der Waals surface area contributed by atoms with Crippen LogP contribution < -0.4 is 0 Å². The molecule has 0 amide bonds. The van der Waals surface area contributed by atoms with Gasteiger partial charge in [-0.25, -0.2) is 0 Å². The van der Waals surface area contributed by atoms with Crippen molar-refractivity contribution in [1.29, 1.82) is 5.26 Å². The van der Waals surface area contributed by atoms with Gasteiger partial charge in [0.25, 0.3) is 0 Å². The Balaban J connectivity index is 1.75. The molecule has 1 heterocycles. The van der Waals surface area contributed by atoms with Crippen LogP contribution in [0, 0.1) is 17.2 Å². The van der Waals surface area contributed by atoms with Crippen molar-refractivity contribution in [3.8, 4) is 17.2 Å². The molecule has 1 unspecified atom stereocenters. The predicted molar refractivity (Wildman–Crippen MR) is 93.1 cm³/mol. The summed E-state index contributed by atoms with van der Waals surface area (Å²) in [6.07, 6.45) is 0.385. The lowest BCUT2D eigenvalue weighted by Gasteiger charge is -2.35. The van der Waals surface area contributed by atoms with Crippen LogP contribution in [-0.4, -0.2) is 40.9 Å². The van der Waals surface area contributed by atoms with E-state index >= 15 is 0 Å². The molecule has 4 heteroatoms. The Hall–Kier alpha value is -2.19. The molecule has 0 radical (unpaired) electrons. The van der Waals surface area contributed by atoms with Crippen molar-refractivity contribution in [2.75, 3.05) is 19.7 Å². The molecule has 0 spiro atoms. The minimum absolute atomic E-state index is 0.113. The van der Waals surface area contributed by atoms with E-state index in [0.29, 0.717) is 6.42 Å². The first-order valence-electron chi connectivity index (χ1n) is 8.27. The number of benzene rings is 2. The lowest BCUT2D eigenvalue weighted by Crippen LogP contribution is -2.49. The number of hydrogen-bond donors (Lipinski definition) is 2. The third-order valence-electron chi connectivity index (χ3n) is 4.42. The highest BCUT2D eigenvalue weighted by Crippen LogP contribution is 2.24. The number of likely N-dealkylation sites (tertiary alicyclic amines) is 1. The van der Waals surface area contributed by atoms with E-state index in [-0.39, 0.29) is 18.6 Å². The molecule has 2 aromatic carbocycles. The lowest BCUT2D eigenvalue weighted by molar-refractivity contribution is -0.00285. The molecule has 0 bridgehead atoms. The molecule has 1 fully saturated rings. The molecule has 1 atom stereocenters. The van der Waals surface area contributed by atoms with Crippen LogP contribution in [-0.2, 0) is 13.0 Å². The summed E-state index contributed by atoms with van der Waals surface area (Å²) < 4.78 is 0. The zero-order valence-electron chi connectivity index (χ0n) is 13.6. The van der Waals surface area contributed by atoms with Gasteiger partial charge in [-0.15, -0.1) is 0 Å². The topological polar surface area (TPSA) is 67.5 Å². The number of β-amino-alcohol motifs (C(OH)–C–C–N with tert-alkyl or cyclic N) is 1. The third-order valence-corrected chi connectivity index (χ3v) is 4.42. The van der Waals surface area contributed by atoms with Crippen LogP contribution in [0.5, 0.6) is 0 Å². The molecule has 1 aliphatic rings. The van der Waals surface area contributed by atoms with E-state index in [2.05, 4.69) is 47.4 Å². The number of nitrogens with zero attached hydrogens (tertiary/aromatic N) is 2. The van der Waals surface area contributed by atoms with Gasteiger partial charge in [-0.1, -0.05) is 42.5 Å². The molecule has 2 aromatic rings. The van der Waals surface area contributed by atoms with Crippen LogP contribution >= 0.6 is 0 Å². The average molecular weight is 322 g/mol. The predicted octanol–water partition coefficient (Wildman–Crippen LogP) is 2.20. The Labute approximate surface area is 142 Å². The number of hydrogen-bond acceptors (Lipinski definition) is 4. The molecule has 24 heavy (non-hydrogen) atoms. The zero-order chi connectivity index (χ0) is 16.9. The second-order valence-electron chi connectivity index (χ2n) is 6.46. The van der Waals surface area contributed by atoms with E-state index in [1.54, 1.807) is 0 Å². The van der Waals surface area contributed by atoms with E-state index < -0.39 is 0 Å². The maximum Gasteiger partial charge on any atom is 0.0794 e. The summed E-state index contributed by atoms with van der Waals surface area (Å²) in [6.45, 7) is 2.23. The van der Waals surface area contributed by atoms with Gasteiger partial charge in [0.1, 0.15) is 0 Å². The summed E-state index contributed by atoms with van der Waals surface area (Å²) in [6, 6.07) is 18.7. The Bertz CT molecular complexity index is 732. The fraction of sp³-hybridized carbons (Fsp3) is 0.350. The number of aliphatic hydroxyl groups excluding tert-OH is 2. The number of aliphatic hydroxyl groups is 2. The van der Waals surface area contributed by atoms with Crippen LogP contribution in [0.25, 0.3) is 11.1 Å². The molecule has 1 saturated heterocycles. The van der Waals surface area contributed by atoms with Crippen LogP contribution in [0.15, 0.2) is 48.5 Å². The van der Waals surface area contributed by atoms with E-state index in [1.807, 2.05) is 12.1 Å². The highest BCUT2D eigenvalue weighted by molar-refractivity contribution is 5.65. The molecule has 124 valence electrons. The van der Waals surface area contributed by atoms with Crippen LogP contribution in [0.3, 0.4) is 0 Å². The summed E-state index contributed by atoms with van der Waals surface area (Å²) in [5.41, 5.74) is 4.56. The van der Waals surface area contributed by atoms with Crippen LogP contribution in [0.1, 0.15) is 11.1 Å². The summed E-state index contributed by atoms with van der Waals surface area (Å²) >= 11 is 0. The quantitative estimate of drug-likeness (QED) is 0.855. The van der Waals surface area contributed by atoms with Gasteiger partial charge in [0, 0.05) is 19.6 Å². The lowest BCUT2D eigenvalue weighted by atomic mass is 9.96. The van der Waals surface area contributed by atoms with Gasteiger partial charge >= 0.3 is 0 Å². The van der Waals surface area contributed by atoms with Crippen molar-refractivity contribution in [3.05, 3.63) is 59.7 Å². The molecular weight excluding hydrogens is 300 g/mol. The van der Waals surface area contributed by atoms with Gasteiger partial charge in [0.2, 0.25) is 0 Å². The summed E-state index contributed by atoms with van der Waals surface area (Å²) in [7, 11) is 0. The van der Waals surface area contributed by atoms with Crippen LogP contribution in [0.2, 0.25) is 0 Å². The van der Waals surface area contributed by atoms with Gasteiger partial charge in [-0.3, -0.25) is 4.90 Å². The fourth-order valence-electron chi connectivity index (χ4n) is 3.09. The zero-order valence-corrected chi connectivity index (χ0v) is 13.6. The molecule has 3 rings (SSSR count). The molecule has 4 nitrogen and oxygen atoms in total. The van der Waals surface area contributed by atoms with Crippen LogP contribution in [0.4, 0.5) is 0 Å². The monoisotopic (exact) mass is 322 g/mol. The molecule has 0 aliphatic carbocycles. The molecule has 0 aromatic heterocycles. The summed E-state index contributed by atoms with van der Waals surface area (Å²) in [5, 5.41) is 27.6. The minimum Gasteiger partial charge on any atom is -0.395 e. The van der Waals surface area contributed by atoms with Gasteiger partial charge in [-0.05, 0) is 34.7 Å². The standard InChI is InChI=1S/C20H22N2O2/c21-10-17(14-23)7-15-3-1-5-18(8-15)19-6-2-4-16(9-19)11-22-12-20(24)13-22/h1-6,8-9,17,20,23-24H,7,11-14H2. The maximum absolute atomic E-state index is 9.39. The minimum atomic E-state index is -0.357. The molecule has 2 N–H and O–H groups in total. The summed E-state index contributed by atoms with van der Waals surface area (Å²) in [5.74, 6) is -0.357. The third kappa shape index (κ3) is 4.01. The SMILES string of the molecule is N#CC(CO)Cc1cccc(-c2cccc(CN3CC(O)C3)c2)c1. The van der Waals surface area contributed by atoms with E-state index in [0.717, 1.165) is 36.3 Å². The van der Waals surface area contributed by atoms with Crippen molar-refractivity contribution >= 4 is 0 Å². The first kappa shape index (κ1) is 16.7. The highest BCUT2D eigenvalue weighted by atomic mass is 16.3. The van der Waals surface area contributed by atoms with Crippen molar-refractivity contribution in [1.82, 2.24) is 4.90 Å². The normalized spacial score (nSPS) is 16.4. The smallest absolute Gasteiger partial charge is 0.0794 e. The van der Waals surface area contributed by atoms with E-state index in [9.17, 15) is 10.2 Å². The van der Waals surface area contributed by atoms with E-state index in [4.69, 9.17) is 5.26 Å². The molecular formula is C20H22N2O2. The van der Waals surface area contributed by atoms with Gasteiger partial charge < -0.3 is 10.2 Å². The second kappa shape index (κ2) is 7.59. The Morgan fingerprint density at radius 1 is 1.08 bits per heavy atom. The number of rotatable bonds is 6. The van der Waals surface area contributed by atoms with Crippen molar-refractivity contribution in [3.63, 3.8) is 0 Å². The number of nitriles is 1. The van der Waals surface area contributed by atoms with Crippen molar-refractivity contribution in [2.45, 2.75) is 19.1 Å². The second-order valence-corrected chi connectivity index (χ2v) is 6.46. The first-order valence-corrected chi connectivity index (χ1v) is 8.27. The Kier molecular flexibility index (Phi) is 5.27. The van der Waals surface area contributed by atoms with Gasteiger partial charge in [0.15, 0.2) is 0 Å². The molecule has 1 aliphatic heterocycles. The van der Waals surface area contributed by atoms with E-state index in [1.165, 1.54) is 5.56 Å². The first-order chi connectivity index (χ1) is 11.7. The van der Waals surface area contributed by atoms with Gasteiger partial charge in [0.05, 0.1) is 24.7 Å². The molecule has 0 saturated carbocycles. The Morgan fingerprint density at radius 3 is 2.29 bits per heavy atom. The fourth-order valence-corrected chi connectivity index (χ4v) is 3.09.